The van der Waals surface area contributed by atoms with Crippen molar-refractivity contribution in [1.29, 1.82) is 0 Å². The Morgan fingerprint density at radius 1 is 0.914 bits per heavy atom. The summed E-state index contributed by atoms with van der Waals surface area (Å²) in [6, 6.07) is 20.8. The Labute approximate surface area is 208 Å². The Hall–Kier alpha value is -3.84. The van der Waals surface area contributed by atoms with Crippen LogP contribution < -0.4 is 10.6 Å². The molecule has 180 valence electrons. The van der Waals surface area contributed by atoms with Crippen molar-refractivity contribution >= 4 is 35.3 Å². The van der Waals surface area contributed by atoms with E-state index >= 15 is 0 Å². The maximum absolute atomic E-state index is 12.5. The predicted molar refractivity (Wildman–Crippen MR) is 134 cm³/mol. The average Bonchev–Trinajstić information content (AvgIpc) is 3.17. The molecule has 3 aromatic rings. The number of halogens is 1. The summed E-state index contributed by atoms with van der Waals surface area (Å²) in [5, 5.41) is 14.2. The number of benzene rings is 3. The molecule has 3 N–H and O–H groups in total. The van der Waals surface area contributed by atoms with Gasteiger partial charge in [0.15, 0.2) is 0 Å². The lowest BCUT2D eigenvalue weighted by atomic mass is 9.98. The first-order valence-corrected chi connectivity index (χ1v) is 11.7. The number of carboxylic acids is 1. The second-order valence-electron chi connectivity index (χ2n) is 8.25. The zero-order valence-corrected chi connectivity index (χ0v) is 19.7. The molecule has 1 aliphatic carbocycles. The number of aliphatic carboxylic acids is 1. The van der Waals surface area contributed by atoms with Crippen LogP contribution in [0.1, 0.15) is 46.7 Å². The number of carbonyl (C=O) groups is 3. The van der Waals surface area contributed by atoms with Crippen molar-refractivity contribution < 1.29 is 24.2 Å². The number of nitrogens with one attached hydrogen (secondary N) is 2. The van der Waals surface area contributed by atoms with Crippen molar-refractivity contribution in [3.63, 3.8) is 0 Å². The van der Waals surface area contributed by atoms with Crippen LogP contribution >= 0.6 is 11.6 Å². The Morgan fingerprint density at radius 2 is 1.57 bits per heavy atom. The smallest absolute Gasteiger partial charge is 0.411 e. The van der Waals surface area contributed by atoms with Crippen LogP contribution in [-0.2, 0) is 9.53 Å². The highest BCUT2D eigenvalue weighted by Crippen LogP contribution is 2.44. The van der Waals surface area contributed by atoms with E-state index in [0.717, 1.165) is 22.3 Å². The summed E-state index contributed by atoms with van der Waals surface area (Å²) < 4.78 is 5.54. The molecule has 1 aliphatic rings. The van der Waals surface area contributed by atoms with E-state index in [0.29, 0.717) is 30.6 Å². The van der Waals surface area contributed by atoms with Crippen molar-refractivity contribution in [3.8, 4) is 11.1 Å². The second-order valence-corrected chi connectivity index (χ2v) is 8.66. The summed E-state index contributed by atoms with van der Waals surface area (Å²) in [6.45, 7) is 0.545. The van der Waals surface area contributed by atoms with Crippen LogP contribution in [0.5, 0.6) is 0 Å². The number of amides is 2. The molecule has 0 aromatic heterocycles. The highest BCUT2D eigenvalue weighted by atomic mass is 35.5. The fourth-order valence-corrected chi connectivity index (χ4v) is 4.44. The first-order chi connectivity index (χ1) is 16.9. The van der Waals surface area contributed by atoms with E-state index in [1.807, 2.05) is 36.4 Å². The number of anilines is 1. The zero-order chi connectivity index (χ0) is 24.8. The summed E-state index contributed by atoms with van der Waals surface area (Å²) in [5.74, 6) is -1.23. The second kappa shape index (κ2) is 11.1. The molecular formula is C27H25ClN2O5. The minimum absolute atomic E-state index is 0.0507. The molecular weight excluding hydrogens is 468 g/mol. The van der Waals surface area contributed by atoms with E-state index in [4.69, 9.17) is 21.4 Å². The Kier molecular flexibility index (Phi) is 7.67. The molecule has 0 bridgehead atoms. The van der Waals surface area contributed by atoms with Crippen LogP contribution in [0.4, 0.5) is 10.5 Å². The Morgan fingerprint density at radius 3 is 2.20 bits per heavy atom. The molecule has 0 radical (unpaired) electrons. The van der Waals surface area contributed by atoms with E-state index < -0.39 is 12.1 Å². The number of hydrogen-bond acceptors (Lipinski definition) is 4. The molecule has 4 rings (SSSR count). The topological polar surface area (TPSA) is 105 Å². The fraction of sp³-hybridized carbons (Fsp3) is 0.222. The Balaban J connectivity index is 1.32. The SMILES string of the molecule is O=C(O)CCCCNC(=O)c1ccc(NC(=O)OCC2c3ccccc3-c3ccccc32)c(Cl)c1. The molecule has 0 spiro atoms. The van der Waals surface area contributed by atoms with Gasteiger partial charge in [-0.3, -0.25) is 14.9 Å². The predicted octanol–water partition coefficient (Wildman–Crippen LogP) is 5.69. The van der Waals surface area contributed by atoms with Gasteiger partial charge in [-0.15, -0.1) is 0 Å². The van der Waals surface area contributed by atoms with Crippen molar-refractivity contribution in [2.24, 2.45) is 0 Å². The van der Waals surface area contributed by atoms with Gasteiger partial charge in [0.1, 0.15) is 6.61 Å². The number of carboxylic acid groups (broad SMARTS) is 1. The van der Waals surface area contributed by atoms with Gasteiger partial charge >= 0.3 is 12.1 Å². The van der Waals surface area contributed by atoms with Gasteiger partial charge < -0.3 is 15.2 Å². The first kappa shape index (κ1) is 24.3. The maximum atomic E-state index is 12.5. The summed E-state index contributed by atoms with van der Waals surface area (Å²) >= 11 is 6.28. The zero-order valence-electron chi connectivity index (χ0n) is 18.9. The minimum Gasteiger partial charge on any atom is -0.481 e. The van der Waals surface area contributed by atoms with Crippen LogP contribution in [0.25, 0.3) is 11.1 Å². The van der Waals surface area contributed by atoms with Gasteiger partial charge in [0.05, 0.1) is 10.7 Å². The molecule has 0 saturated heterocycles. The van der Waals surface area contributed by atoms with Crippen LogP contribution in [0.15, 0.2) is 66.7 Å². The highest BCUT2D eigenvalue weighted by molar-refractivity contribution is 6.34. The quantitative estimate of drug-likeness (QED) is 0.333. The number of fused-ring (bicyclic) bond motifs is 3. The molecule has 7 nitrogen and oxygen atoms in total. The summed E-state index contributed by atoms with van der Waals surface area (Å²) in [5.41, 5.74) is 5.22. The van der Waals surface area contributed by atoms with Crippen LogP contribution in [0.2, 0.25) is 5.02 Å². The summed E-state index contributed by atoms with van der Waals surface area (Å²) in [4.78, 5) is 35.3. The minimum atomic E-state index is -0.859. The van der Waals surface area contributed by atoms with E-state index in [1.165, 1.54) is 6.07 Å². The Bertz CT molecular complexity index is 1210. The third-order valence-electron chi connectivity index (χ3n) is 5.91. The largest absolute Gasteiger partial charge is 0.481 e. The van der Waals surface area contributed by atoms with E-state index in [2.05, 4.69) is 22.8 Å². The normalized spacial score (nSPS) is 11.9. The third kappa shape index (κ3) is 5.81. The van der Waals surface area contributed by atoms with Gasteiger partial charge in [-0.2, -0.15) is 0 Å². The molecule has 0 fully saturated rings. The van der Waals surface area contributed by atoms with Crippen LogP contribution in [0, 0.1) is 0 Å². The van der Waals surface area contributed by atoms with Gasteiger partial charge in [-0.25, -0.2) is 4.79 Å². The van der Waals surface area contributed by atoms with Gasteiger partial charge in [0.2, 0.25) is 0 Å². The highest BCUT2D eigenvalue weighted by Gasteiger charge is 2.29. The molecule has 8 heteroatoms. The fourth-order valence-electron chi connectivity index (χ4n) is 4.21. The van der Waals surface area contributed by atoms with Crippen LogP contribution in [-0.4, -0.2) is 36.2 Å². The monoisotopic (exact) mass is 492 g/mol. The van der Waals surface area contributed by atoms with Crippen molar-refractivity contribution in [2.45, 2.75) is 25.2 Å². The van der Waals surface area contributed by atoms with Gasteiger partial charge in [-0.1, -0.05) is 60.1 Å². The van der Waals surface area contributed by atoms with Gasteiger partial charge in [-0.05, 0) is 53.3 Å². The summed E-state index contributed by atoms with van der Waals surface area (Å²) in [6.07, 6.45) is 0.481. The van der Waals surface area contributed by atoms with E-state index in [-0.39, 0.29) is 29.9 Å². The van der Waals surface area contributed by atoms with Gasteiger partial charge in [0, 0.05) is 24.4 Å². The van der Waals surface area contributed by atoms with Crippen LogP contribution in [0.3, 0.4) is 0 Å². The number of carbonyl (C=O) groups excluding carboxylic acids is 2. The summed E-state index contributed by atoms with van der Waals surface area (Å²) in [7, 11) is 0. The molecule has 0 heterocycles. The number of rotatable bonds is 9. The number of ether oxygens (including phenoxy) is 1. The number of hydrogen-bond donors (Lipinski definition) is 3. The standard InChI is InChI=1S/C27H25ClN2O5/c28-23-15-17(26(33)29-14-6-5-11-25(31)32)12-13-24(23)30-27(34)35-16-22-20-9-3-1-7-18(20)19-8-2-4-10-21(19)22/h1-4,7-10,12-13,15,22H,5-6,11,14,16H2,(H,29,33)(H,30,34)(H,31,32). The van der Waals surface area contributed by atoms with Crippen molar-refractivity contribution in [3.05, 3.63) is 88.4 Å². The molecule has 0 unspecified atom stereocenters. The lowest BCUT2D eigenvalue weighted by Crippen LogP contribution is -2.24. The van der Waals surface area contributed by atoms with Gasteiger partial charge in [0.25, 0.3) is 5.91 Å². The third-order valence-corrected chi connectivity index (χ3v) is 6.23. The van der Waals surface area contributed by atoms with Crippen molar-refractivity contribution in [1.82, 2.24) is 5.32 Å². The number of unbranched alkanes of at least 4 members (excludes halogenated alkanes) is 1. The van der Waals surface area contributed by atoms with Crippen molar-refractivity contribution in [2.75, 3.05) is 18.5 Å². The molecule has 2 amide bonds. The molecule has 0 aliphatic heterocycles. The molecule has 0 atom stereocenters. The molecule has 35 heavy (non-hydrogen) atoms. The van der Waals surface area contributed by atoms with E-state index in [9.17, 15) is 14.4 Å². The maximum Gasteiger partial charge on any atom is 0.411 e. The molecule has 0 saturated carbocycles. The lowest BCUT2D eigenvalue weighted by Gasteiger charge is -2.15. The molecule has 3 aromatic carbocycles. The first-order valence-electron chi connectivity index (χ1n) is 11.4. The lowest BCUT2D eigenvalue weighted by molar-refractivity contribution is -0.137. The van der Waals surface area contributed by atoms with E-state index in [1.54, 1.807) is 12.1 Å². The average molecular weight is 493 g/mol.